The quantitative estimate of drug-likeness (QED) is 0.0146. The molecule has 18 heteroatoms. The molecule has 16 nitrogen and oxygen atoms in total. The van der Waals surface area contributed by atoms with Gasteiger partial charge in [0.1, 0.15) is 25.4 Å². The van der Waals surface area contributed by atoms with Gasteiger partial charge in [-0.05, 0) is 83.5 Å². The van der Waals surface area contributed by atoms with Gasteiger partial charge in [0.05, 0.1) is 26.4 Å². The number of hydrogen-bond donors (Lipinski definition) is 4. The summed E-state index contributed by atoms with van der Waals surface area (Å²) in [6, 6.07) is 0. The van der Waals surface area contributed by atoms with Crippen LogP contribution in [0.3, 0.4) is 0 Å². The highest BCUT2D eigenvalue weighted by Crippen LogP contribution is 2.45. The maximum atomic E-state index is 12.9. The Hall–Kier alpha value is -2.75. The Morgan fingerprint density at radius 1 is 0.315 bits per heavy atom. The lowest BCUT2D eigenvalue weighted by Crippen LogP contribution is -2.30. The van der Waals surface area contributed by atoms with E-state index in [9.17, 15) is 43.5 Å². The highest BCUT2D eigenvalue weighted by atomic mass is 31.2. The first kappa shape index (κ1) is 86.2. The van der Waals surface area contributed by atoms with Crippen molar-refractivity contribution in [1.29, 1.82) is 0 Å². The van der Waals surface area contributed by atoms with E-state index in [0.29, 0.717) is 19.3 Å². The Balaban J connectivity index is 4.42. The van der Waals surface area contributed by atoms with Crippen LogP contribution in [0.4, 0.5) is 0 Å². The largest absolute Gasteiger partial charge is 0.472 e. The molecule has 0 saturated heterocycles. The minimum atomic E-state index is -4.91. The number of phosphoric ester groups is 2. The molecule has 0 heterocycles. The molecule has 0 fully saturated rings. The van der Waals surface area contributed by atoms with Crippen molar-refractivity contribution in [3.63, 3.8) is 0 Å². The van der Waals surface area contributed by atoms with E-state index in [1.54, 1.807) is 0 Å². The molecule has 0 aliphatic carbocycles. The van der Waals surface area contributed by atoms with Crippen molar-refractivity contribution in [1.82, 2.24) is 0 Å². The van der Waals surface area contributed by atoms with Crippen LogP contribution in [0.5, 0.6) is 0 Å². The number of ether oxygens (including phenoxy) is 3. The van der Waals surface area contributed by atoms with Crippen LogP contribution >= 0.6 is 15.6 Å². The fourth-order valence-corrected chi connectivity index (χ4v) is 11.3. The number of phosphoric acid groups is 2. The molecular weight excluding hydrogens is 1170 g/mol. The molecule has 0 radical (unpaired) electrons. The minimum absolute atomic E-state index is 0.0989. The van der Waals surface area contributed by atoms with E-state index in [2.05, 4.69) is 81.5 Å². The number of rotatable bonds is 68. The third-order valence-corrected chi connectivity index (χ3v) is 17.1. The van der Waals surface area contributed by atoms with Gasteiger partial charge in [-0.2, -0.15) is 0 Å². The van der Waals surface area contributed by atoms with Crippen LogP contribution in [0, 0.1) is 0 Å². The fourth-order valence-electron chi connectivity index (χ4n) is 9.71. The van der Waals surface area contributed by atoms with Gasteiger partial charge in [-0.3, -0.25) is 32.5 Å². The predicted octanol–water partition coefficient (Wildman–Crippen LogP) is 19.8. The molecule has 0 aliphatic rings. The third-order valence-electron chi connectivity index (χ3n) is 15.2. The van der Waals surface area contributed by atoms with Crippen LogP contribution in [-0.2, 0) is 55.8 Å². The lowest BCUT2D eigenvalue weighted by atomic mass is 10.0. The van der Waals surface area contributed by atoms with Gasteiger partial charge < -0.3 is 34.2 Å². The maximum Gasteiger partial charge on any atom is 0.472 e. The predicted molar refractivity (Wildman–Crippen MR) is 362 cm³/mol. The summed E-state index contributed by atoms with van der Waals surface area (Å²) >= 11 is 0. The summed E-state index contributed by atoms with van der Waals surface area (Å²) in [6.45, 7) is 2.62. The van der Waals surface area contributed by atoms with Crippen LogP contribution in [0.25, 0.3) is 0 Å². The summed E-state index contributed by atoms with van der Waals surface area (Å²) in [6.07, 6.45) is 67.2. The Kier molecular flexibility index (Phi) is 63.3. The monoisotopic (exact) mass is 1300 g/mol. The first-order chi connectivity index (χ1) is 43.2. The van der Waals surface area contributed by atoms with E-state index >= 15 is 0 Å². The van der Waals surface area contributed by atoms with E-state index in [-0.39, 0.29) is 19.3 Å². The lowest BCUT2D eigenvalue weighted by Gasteiger charge is -2.21. The molecule has 0 aromatic carbocycles. The second-order valence-corrected chi connectivity index (χ2v) is 26.9. The summed E-state index contributed by atoms with van der Waals surface area (Å²) in [5, 5.41) is 20.5. The van der Waals surface area contributed by atoms with Gasteiger partial charge >= 0.3 is 33.6 Å². The van der Waals surface area contributed by atoms with Gasteiger partial charge in [-0.15, -0.1) is 0 Å². The van der Waals surface area contributed by atoms with Gasteiger partial charge in [0.25, 0.3) is 0 Å². The topological polar surface area (TPSA) is 231 Å². The molecule has 5 atom stereocenters. The van der Waals surface area contributed by atoms with Gasteiger partial charge in [-0.1, -0.05) is 274 Å². The van der Waals surface area contributed by atoms with Crippen LogP contribution in [0.2, 0.25) is 0 Å². The molecule has 0 bridgehead atoms. The molecular formula is C71H130O16P2. The van der Waals surface area contributed by atoms with E-state index in [1.165, 1.54) is 154 Å². The van der Waals surface area contributed by atoms with Gasteiger partial charge in [-0.25, -0.2) is 9.13 Å². The number of aliphatic hydroxyl groups excluding tert-OH is 2. The number of hydrogen-bond acceptors (Lipinski definition) is 14. The van der Waals surface area contributed by atoms with E-state index in [4.69, 9.17) is 32.3 Å². The van der Waals surface area contributed by atoms with Gasteiger partial charge in [0, 0.05) is 19.3 Å². The molecule has 0 saturated carbocycles. The molecule has 0 rings (SSSR count). The first-order valence-electron chi connectivity index (χ1n) is 35.6. The number of carbonyl (C=O) groups excluding carboxylic acids is 3. The zero-order valence-electron chi connectivity index (χ0n) is 56.4. The van der Waals surface area contributed by atoms with Crippen LogP contribution in [0.15, 0.2) is 60.8 Å². The molecule has 0 amide bonds. The molecule has 520 valence electrons. The third kappa shape index (κ3) is 66.5. The number of aliphatic hydroxyl groups is 2. The Labute approximate surface area is 541 Å². The smallest absolute Gasteiger partial charge is 0.463 e. The number of unbranched alkanes of at least 4 members (excludes halogenated alkanes) is 35. The second-order valence-electron chi connectivity index (χ2n) is 24.0. The van der Waals surface area contributed by atoms with Crippen molar-refractivity contribution in [2.24, 2.45) is 0 Å². The highest BCUT2D eigenvalue weighted by molar-refractivity contribution is 7.47. The molecule has 0 aliphatic heterocycles. The summed E-state index contributed by atoms with van der Waals surface area (Å²) in [7, 11) is -9.76. The summed E-state index contributed by atoms with van der Waals surface area (Å²) < 4.78 is 60.8. The molecule has 0 aromatic rings. The van der Waals surface area contributed by atoms with E-state index in [1.807, 2.05) is 0 Å². The van der Waals surface area contributed by atoms with Crippen molar-refractivity contribution in [3.8, 4) is 0 Å². The van der Waals surface area contributed by atoms with Crippen molar-refractivity contribution in [3.05, 3.63) is 60.8 Å². The zero-order valence-corrected chi connectivity index (χ0v) is 58.1. The first-order valence-corrected chi connectivity index (χ1v) is 38.6. The van der Waals surface area contributed by atoms with E-state index < -0.39 is 91.5 Å². The summed E-state index contributed by atoms with van der Waals surface area (Å²) in [4.78, 5) is 58.3. The number of allylic oxidation sites excluding steroid dienone is 10. The van der Waals surface area contributed by atoms with Crippen molar-refractivity contribution < 1.29 is 75.8 Å². The molecule has 89 heavy (non-hydrogen) atoms. The van der Waals surface area contributed by atoms with Crippen molar-refractivity contribution in [2.75, 3.05) is 39.6 Å². The minimum Gasteiger partial charge on any atom is -0.463 e. The summed E-state index contributed by atoms with van der Waals surface area (Å²) in [5.41, 5.74) is 0. The summed E-state index contributed by atoms with van der Waals surface area (Å²) in [5.74, 6) is -1.57. The fraction of sp³-hybridized carbons (Fsp3) is 0.817. The molecule has 5 unspecified atom stereocenters. The highest BCUT2D eigenvalue weighted by Gasteiger charge is 2.29. The molecule has 4 N–H and O–H groups in total. The molecule has 0 aromatic heterocycles. The average Bonchev–Trinajstić information content (AvgIpc) is 3.72. The van der Waals surface area contributed by atoms with E-state index in [0.717, 1.165) is 103 Å². The van der Waals surface area contributed by atoms with Gasteiger partial charge in [0.2, 0.25) is 0 Å². The second kappa shape index (κ2) is 65.3. The van der Waals surface area contributed by atoms with Gasteiger partial charge in [0.15, 0.2) is 6.10 Å². The average molecular weight is 1300 g/mol. The Bertz CT molecular complexity index is 1870. The maximum absolute atomic E-state index is 12.9. The van der Waals surface area contributed by atoms with Crippen LogP contribution in [0.1, 0.15) is 316 Å². The van der Waals surface area contributed by atoms with Crippen LogP contribution < -0.4 is 0 Å². The SMILES string of the molecule is CCCC/C=C\CCCCCCCC(=O)OC(COC(=O)CCCCCCCCCCCCCCCCC)COP(=O)(O)OCC(O)COP(=O)(O)OCC(O)COC(=O)CCCCCCCCCCCCC/C=C\C/C=C\C/C=C\C/C=C\CCCCC. The van der Waals surface area contributed by atoms with Crippen molar-refractivity contribution in [2.45, 2.75) is 334 Å². The molecule has 0 spiro atoms. The van der Waals surface area contributed by atoms with Crippen molar-refractivity contribution >= 4 is 33.6 Å². The number of esters is 3. The Morgan fingerprint density at radius 3 is 0.955 bits per heavy atom. The standard InChI is InChI=1S/C71H130O16P2/c1-4-7-10-13-16-19-22-24-26-27-28-29-30-31-32-33-34-35-36-37-39-41-43-45-48-51-54-57-69(74)81-60-66(72)61-83-88(77,78)84-62-67(73)63-85-89(79,80)86-65-68(87-71(76)59-56-53-50-47-42-21-18-15-12-9-6-3)64-82-70(75)58-55-52-49-46-44-40-38-25-23-20-17-14-11-8-5-2/h15-16,18-19,24,26,28-29,31-32,66-68,72-73H,4-14,17,20-23,25,27,30,33-65H2,1-3H3,(H,77,78)(H,79,80)/b18-15-,19-16-,26-24-,29-28-,32-31-. The Morgan fingerprint density at radius 2 is 0.573 bits per heavy atom. The van der Waals surface area contributed by atoms with Crippen LogP contribution in [-0.4, -0.2) is 95.9 Å². The zero-order chi connectivity index (χ0) is 65.3. The number of carbonyl (C=O) groups is 3. The normalized spacial score (nSPS) is 14.6. The lowest BCUT2D eigenvalue weighted by molar-refractivity contribution is -0.161.